The maximum Gasteiger partial charge on any atom is 0.164 e. The van der Waals surface area contributed by atoms with E-state index < -0.39 is 0 Å². The van der Waals surface area contributed by atoms with Crippen molar-refractivity contribution >= 4 is 115 Å². The van der Waals surface area contributed by atoms with Gasteiger partial charge in [-0.2, -0.15) is 0 Å². The van der Waals surface area contributed by atoms with E-state index >= 15 is 0 Å². The molecule has 0 saturated carbocycles. The smallest absolute Gasteiger partial charge is 0.164 e. The molecule has 2 heterocycles. The highest BCUT2D eigenvalue weighted by Crippen LogP contribution is 2.34. The van der Waals surface area contributed by atoms with Gasteiger partial charge in [0.15, 0.2) is 17.5 Å². The van der Waals surface area contributed by atoms with E-state index in [9.17, 15) is 0 Å². The molecule has 0 radical (unpaired) electrons. The average molecular weight is 710 g/mol. The van der Waals surface area contributed by atoms with Gasteiger partial charge in [0.1, 0.15) is 66.1 Å². The summed E-state index contributed by atoms with van der Waals surface area (Å²) in [6.45, 7) is 0. The Labute approximate surface area is 334 Å². The van der Waals surface area contributed by atoms with Crippen LogP contribution in [0, 0.1) is 0 Å². The summed E-state index contributed by atoms with van der Waals surface area (Å²) < 4.78 is 6.89. The first-order valence-corrected chi connectivity index (χ1v) is 19.3. The fraction of sp³-hybridized carbons (Fsp3) is 0. The first kappa shape index (κ1) is 35.5. The quantitative estimate of drug-likeness (QED) is 0.221. The highest BCUT2D eigenvalue weighted by atomic mass is 16.3. The van der Waals surface area contributed by atoms with E-state index in [0.29, 0.717) is 17.5 Å². The van der Waals surface area contributed by atoms with Gasteiger partial charge < -0.3 is 4.42 Å². The third-order valence-corrected chi connectivity index (χ3v) is 12.0. The number of nitrogens with zero attached hydrogens (tertiary/aromatic N) is 3. The first-order chi connectivity index (χ1) is 27.2. The SMILES string of the molecule is Bc1c(B)c(B)c2c(oc3c(-c4ccc(-c5nc(-c6ccc(-c7ccccc7)cc6)nc(-c6ccc(-c7ccccc7)cc6)n5)cc4)c(B)c(B)c(B)c32)c1B. The Balaban J connectivity index is 1.16. The van der Waals surface area contributed by atoms with Gasteiger partial charge in [0.2, 0.25) is 0 Å². The second-order valence-electron chi connectivity index (χ2n) is 15.0. The lowest BCUT2D eigenvalue weighted by Gasteiger charge is -2.16. The Bertz CT molecular complexity index is 2850. The molecule has 7 aromatic carbocycles. The number of hydrogen-bond acceptors (Lipinski definition) is 4. The molecule has 2 aromatic heterocycles. The Morgan fingerprint density at radius 1 is 0.286 bits per heavy atom. The van der Waals surface area contributed by atoms with Gasteiger partial charge in [0.25, 0.3) is 0 Å². The predicted octanol–water partition coefficient (Wildman–Crippen LogP) is -0.418. The van der Waals surface area contributed by atoms with Gasteiger partial charge in [-0.05, 0) is 27.8 Å². The number of benzene rings is 7. The summed E-state index contributed by atoms with van der Waals surface area (Å²) in [5.74, 6) is 1.89. The lowest BCUT2D eigenvalue weighted by atomic mass is 9.64. The number of furan rings is 1. The van der Waals surface area contributed by atoms with Crippen LogP contribution in [-0.2, 0) is 0 Å². The fourth-order valence-corrected chi connectivity index (χ4v) is 8.12. The average Bonchev–Trinajstić information content (AvgIpc) is 3.65. The number of rotatable bonds is 6. The zero-order valence-corrected chi connectivity index (χ0v) is 33.0. The molecule has 56 heavy (non-hydrogen) atoms. The molecule has 4 nitrogen and oxygen atoms in total. The van der Waals surface area contributed by atoms with Gasteiger partial charge in [0, 0.05) is 33.0 Å². The summed E-state index contributed by atoms with van der Waals surface area (Å²) in [7, 11) is 15.5. The van der Waals surface area contributed by atoms with Gasteiger partial charge in [-0.15, -0.1) is 5.46 Å². The third kappa shape index (κ3) is 6.03. The maximum absolute atomic E-state index is 6.89. The number of aromatic nitrogens is 3. The van der Waals surface area contributed by atoms with Crippen LogP contribution >= 0.6 is 0 Å². The van der Waals surface area contributed by atoms with Crippen LogP contribution < -0.4 is 38.2 Å². The second-order valence-corrected chi connectivity index (χ2v) is 15.0. The van der Waals surface area contributed by atoms with Crippen molar-refractivity contribution in [2.24, 2.45) is 0 Å². The van der Waals surface area contributed by atoms with Gasteiger partial charge in [-0.3, -0.25) is 0 Å². The van der Waals surface area contributed by atoms with Crippen LogP contribution in [0.25, 0.3) is 89.5 Å². The molecule has 0 spiro atoms. The van der Waals surface area contributed by atoms with E-state index in [2.05, 4.69) is 176 Å². The zero-order chi connectivity index (χ0) is 38.7. The van der Waals surface area contributed by atoms with Crippen LogP contribution in [0.4, 0.5) is 0 Å². The topological polar surface area (TPSA) is 51.8 Å². The molecule has 0 bridgehead atoms. The van der Waals surface area contributed by atoms with Gasteiger partial charge in [-0.1, -0.05) is 166 Å². The first-order valence-electron chi connectivity index (χ1n) is 19.3. The van der Waals surface area contributed by atoms with Crippen molar-refractivity contribution in [3.63, 3.8) is 0 Å². The van der Waals surface area contributed by atoms with Crippen LogP contribution in [0.3, 0.4) is 0 Å². The van der Waals surface area contributed by atoms with Gasteiger partial charge >= 0.3 is 0 Å². The molecule has 11 heteroatoms. The van der Waals surface area contributed by atoms with Crippen LogP contribution in [0.1, 0.15) is 0 Å². The molecular weight excluding hydrogens is 674 g/mol. The van der Waals surface area contributed by atoms with Crippen molar-refractivity contribution in [3.05, 3.63) is 133 Å². The fourth-order valence-electron chi connectivity index (χ4n) is 8.12. The Hall–Kier alpha value is -6.20. The van der Waals surface area contributed by atoms with Crippen molar-refractivity contribution < 1.29 is 4.42 Å². The van der Waals surface area contributed by atoms with E-state index in [1.807, 2.05) is 12.1 Å². The Morgan fingerprint density at radius 3 is 1.04 bits per heavy atom. The minimum absolute atomic E-state index is 0.624. The third-order valence-electron chi connectivity index (χ3n) is 12.0. The van der Waals surface area contributed by atoms with E-state index in [0.717, 1.165) is 50.1 Å². The van der Waals surface area contributed by atoms with Crippen LogP contribution in [0.15, 0.2) is 138 Å². The lowest BCUT2D eigenvalue weighted by Crippen LogP contribution is -2.47. The van der Waals surface area contributed by atoms with Gasteiger partial charge in [-0.25, -0.2) is 15.0 Å². The molecular formula is C45H36B7N3O. The summed E-state index contributed by atoms with van der Waals surface area (Å²) in [6.07, 6.45) is 0. The number of fused-ring (bicyclic) bond motifs is 3. The standard InChI is InChI=1S/C45H36B7N3O/c46-34-31(41-32(35(47)37(34)49)33-36(48)38(50)39(51)40(52)42(33)56-41)27-15-21-30(22-16-27)45-54-43(28-17-11-25(12-18-28)23-7-3-1-4-8-23)53-44(55-45)29-19-13-26(14-20-29)24-9-5-2-6-10-24/h1-22H,46-52H2. The summed E-state index contributed by atoms with van der Waals surface area (Å²) in [4.78, 5) is 15.2. The van der Waals surface area contributed by atoms with E-state index in [1.165, 1.54) is 60.1 Å². The molecule has 0 aliphatic carbocycles. The van der Waals surface area contributed by atoms with Crippen LogP contribution in [0.2, 0.25) is 0 Å². The molecule has 0 atom stereocenters. The molecule has 0 amide bonds. The van der Waals surface area contributed by atoms with E-state index in [-0.39, 0.29) is 0 Å². The minimum Gasteiger partial charge on any atom is -0.456 e. The molecule has 0 aliphatic rings. The van der Waals surface area contributed by atoms with Crippen molar-refractivity contribution in [2.45, 2.75) is 0 Å². The Kier molecular flexibility index (Phi) is 8.97. The summed E-state index contributed by atoms with van der Waals surface area (Å²) >= 11 is 0. The predicted molar refractivity (Wildman–Crippen MR) is 257 cm³/mol. The van der Waals surface area contributed by atoms with E-state index in [1.54, 1.807) is 0 Å². The highest BCUT2D eigenvalue weighted by Gasteiger charge is 2.23. The monoisotopic (exact) mass is 711 g/mol. The van der Waals surface area contributed by atoms with E-state index in [4.69, 9.17) is 19.4 Å². The second kappa shape index (κ2) is 14.1. The maximum atomic E-state index is 6.89. The van der Waals surface area contributed by atoms with Crippen molar-refractivity contribution in [1.82, 2.24) is 15.0 Å². The molecule has 9 rings (SSSR count). The molecule has 0 N–H and O–H groups in total. The zero-order valence-electron chi connectivity index (χ0n) is 33.0. The summed E-state index contributed by atoms with van der Waals surface area (Å²) in [5, 5.41) is 2.45. The Morgan fingerprint density at radius 2 is 0.607 bits per heavy atom. The molecule has 0 aliphatic heterocycles. The van der Waals surface area contributed by atoms with Gasteiger partial charge in [0.05, 0.1) is 0 Å². The molecule has 258 valence electrons. The van der Waals surface area contributed by atoms with Crippen molar-refractivity contribution in [2.75, 3.05) is 0 Å². The molecule has 0 unspecified atom stereocenters. The molecule has 9 aromatic rings. The summed E-state index contributed by atoms with van der Waals surface area (Å²) in [6, 6.07) is 46.4. The highest BCUT2D eigenvalue weighted by molar-refractivity contribution is 6.69. The summed E-state index contributed by atoms with van der Waals surface area (Å²) in [5.41, 5.74) is 20.5. The largest absolute Gasteiger partial charge is 0.456 e. The van der Waals surface area contributed by atoms with Crippen molar-refractivity contribution in [1.29, 1.82) is 0 Å². The minimum atomic E-state index is 0.624. The van der Waals surface area contributed by atoms with Crippen molar-refractivity contribution in [3.8, 4) is 67.5 Å². The molecule has 0 saturated heterocycles. The van der Waals surface area contributed by atoms with Crippen LogP contribution in [0.5, 0.6) is 0 Å². The normalized spacial score (nSPS) is 11.4. The molecule has 0 fully saturated rings. The van der Waals surface area contributed by atoms with Crippen LogP contribution in [-0.4, -0.2) is 69.9 Å². The lowest BCUT2D eigenvalue weighted by molar-refractivity contribution is 0.673. The number of hydrogen-bond donors (Lipinski definition) is 0.